The predicted molar refractivity (Wildman–Crippen MR) is 64.4 cm³/mol. The molecule has 0 N–H and O–H groups in total. The third kappa shape index (κ3) is 2.91. The van der Waals surface area contributed by atoms with Gasteiger partial charge in [-0.25, -0.2) is 4.39 Å². The third-order valence-electron chi connectivity index (χ3n) is 2.95. The Labute approximate surface area is 96.7 Å². The molecule has 1 nitrogen and oxygen atoms in total. The Morgan fingerprint density at radius 3 is 2.56 bits per heavy atom. The van der Waals surface area contributed by atoms with Gasteiger partial charge in [0.1, 0.15) is 12.0 Å². The van der Waals surface area contributed by atoms with Gasteiger partial charge in [0, 0.05) is 6.42 Å². The Hall–Kier alpha value is -1.18. The van der Waals surface area contributed by atoms with Gasteiger partial charge in [0.25, 0.3) is 0 Å². The molecule has 1 aromatic rings. The van der Waals surface area contributed by atoms with Gasteiger partial charge in [-0.2, -0.15) is 0 Å². The lowest BCUT2D eigenvalue weighted by molar-refractivity contribution is -0.108. The molecular formula is C14H19FO. The maximum Gasteiger partial charge on any atom is 0.130 e. The summed E-state index contributed by atoms with van der Waals surface area (Å²) in [7, 11) is 0. The molecule has 1 rings (SSSR count). The van der Waals surface area contributed by atoms with Gasteiger partial charge in [0.05, 0.1) is 0 Å². The topological polar surface area (TPSA) is 17.1 Å². The lowest BCUT2D eigenvalue weighted by Gasteiger charge is -2.19. The van der Waals surface area contributed by atoms with Gasteiger partial charge < -0.3 is 4.79 Å². The van der Waals surface area contributed by atoms with Crippen molar-refractivity contribution in [2.75, 3.05) is 0 Å². The molecule has 2 heteroatoms. The lowest BCUT2D eigenvalue weighted by atomic mass is 9.89. The van der Waals surface area contributed by atoms with Crippen LogP contribution in [0.15, 0.2) is 18.2 Å². The highest BCUT2D eigenvalue weighted by molar-refractivity contribution is 5.52. The second-order valence-corrected chi connectivity index (χ2v) is 4.85. The predicted octanol–water partition coefficient (Wildman–Crippen LogP) is 3.89. The second-order valence-electron chi connectivity index (χ2n) is 4.85. The molecule has 1 atom stereocenters. The first-order chi connectivity index (χ1) is 7.36. The maximum atomic E-state index is 13.8. The highest BCUT2D eigenvalue weighted by Gasteiger charge is 2.20. The van der Waals surface area contributed by atoms with Crippen LogP contribution in [-0.2, 0) is 10.5 Å². The summed E-state index contributed by atoms with van der Waals surface area (Å²) < 4.78 is 13.8. The first-order valence-electron chi connectivity index (χ1n) is 5.60. The molecule has 88 valence electrons. The van der Waals surface area contributed by atoms with Crippen LogP contribution in [0.5, 0.6) is 0 Å². The highest BCUT2D eigenvalue weighted by atomic mass is 19.1. The van der Waals surface area contributed by atoms with Crippen molar-refractivity contribution < 1.29 is 9.18 Å². The molecular weight excluding hydrogens is 203 g/mol. The fourth-order valence-electron chi connectivity index (χ4n) is 1.81. The summed E-state index contributed by atoms with van der Waals surface area (Å²) in [6.45, 7) is 7.08. The van der Waals surface area contributed by atoms with Crippen LogP contribution in [0.25, 0.3) is 0 Å². The van der Waals surface area contributed by atoms with Crippen LogP contribution >= 0.6 is 0 Å². The Morgan fingerprint density at radius 1 is 1.44 bits per heavy atom. The molecule has 0 aromatic heterocycles. The normalized spacial score (nSPS) is 13.6. The van der Waals surface area contributed by atoms with Crippen LogP contribution in [0.1, 0.15) is 49.8 Å². The molecule has 1 unspecified atom stereocenters. The van der Waals surface area contributed by atoms with Gasteiger partial charge in [0.15, 0.2) is 0 Å². The quantitative estimate of drug-likeness (QED) is 0.706. The van der Waals surface area contributed by atoms with E-state index in [-0.39, 0.29) is 5.92 Å². The number of carbonyl (C=O) groups excluding carboxylic acids is 1. The molecule has 16 heavy (non-hydrogen) atoms. The fraction of sp³-hybridized carbons (Fsp3) is 0.500. The van der Waals surface area contributed by atoms with E-state index in [0.717, 1.165) is 17.4 Å². The van der Waals surface area contributed by atoms with Gasteiger partial charge in [-0.15, -0.1) is 0 Å². The van der Waals surface area contributed by atoms with E-state index in [2.05, 4.69) is 0 Å². The van der Waals surface area contributed by atoms with Gasteiger partial charge in [0.2, 0.25) is 0 Å². The molecule has 0 amide bonds. The minimum absolute atomic E-state index is 0.153. The van der Waals surface area contributed by atoms with Crippen LogP contribution in [-0.4, -0.2) is 6.29 Å². The van der Waals surface area contributed by atoms with Crippen molar-refractivity contribution in [2.24, 2.45) is 0 Å². The standard InChI is InChI=1S/C14H19FO/c1-10-5-6-12(14(3,4)15)9-13(10)11(2)7-8-16/h5-6,8-9,11H,7H2,1-4H3. The number of aryl methyl sites for hydroxylation is 1. The van der Waals surface area contributed by atoms with Gasteiger partial charge in [-0.05, 0) is 43.4 Å². The van der Waals surface area contributed by atoms with E-state index in [4.69, 9.17) is 0 Å². The smallest absolute Gasteiger partial charge is 0.130 e. The highest BCUT2D eigenvalue weighted by Crippen LogP contribution is 2.30. The van der Waals surface area contributed by atoms with Crippen molar-refractivity contribution in [2.45, 2.75) is 45.7 Å². The summed E-state index contributed by atoms with van der Waals surface area (Å²) in [4.78, 5) is 10.5. The molecule has 0 bridgehead atoms. The number of benzene rings is 1. The summed E-state index contributed by atoms with van der Waals surface area (Å²) in [5.74, 6) is 0.153. The van der Waals surface area contributed by atoms with Crippen LogP contribution in [0.2, 0.25) is 0 Å². The maximum absolute atomic E-state index is 13.8. The van der Waals surface area contributed by atoms with Gasteiger partial charge in [-0.3, -0.25) is 0 Å². The first kappa shape index (κ1) is 12.9. The summed E-state index contributed by atoms with van der Waals surface area (Å²) in [5, 5.41) is 0. The van der Waals surface area contributed by atoms with Gasteiger partial charge >= 0.3 is 0 Å². The SMILES string of the molecule is Cc1ccc(C(C)(C)F)cc1C(C)CC=O. The Morgan fingerprint density at radius 2 is 2.06 bits per heavy atom. The van der Waals surface area contributed by atoms with Crippen LogP contribution in [0, 0.1) is 6.92 Å². The molecule has 0 heterocycles. The van der Waals surface area contributed by atoms with E-state index in [9.17, 15) is 9.18 Å². The van der Waals surface area contributed by atoms with Crippen molar-refractivity contribution in [3.8, 4) is 0 Å². The van der Waals surface area contributed by atoms with E-state index in [1.807, 2.05) is 32.0 Å². The molecule has 0 saturated carbocycles. The summed E-state index contributed by atoms with van der Waals surface area (Å²) >= 11 is 0. The van der Waals surface area contributed by atoms with E-state index in [1.165, 1.54) is 0 Å². The Balaban J connectivity index is 3.13. The van der Waals surface area contributed by atoms with Crippen molar-refractivity contribution in [3.63, 3.8) is 0 Å². The zero-order valence-corrected chi connectivity index (χ0v) is 10.4. The van der Waals surface area contributed by atoms with Crippen molar-refractivity contribution in [1.29, 1.82) is 0 Å². The average molecular weight is 222 g/mol. The van der Waals surface area contributed by atoms with E-state index in [0.29, 0.717) is 12.0 Å². The monoisotopic (exact) mass is 222 g/mol. The van der Waals surface area contributed by atoms with Crippen LogP contribution in [0.3, 0.4) is 0 Å². The number of carbonyl (C=O) groups is 1. The average Bonchev–Trinajstić information content (AvgIpc) is 2.16. The fourth-order valence-corrected chi connectivity index (χ4v) is 1.81. The van der Waals surface area contributed by atoms with Gasteiger partial charge in [-0.1, -0.05) is 25.1 Å². The number of aldehydes is 1. The summed E-state index contributed by atoms with van der Waals surface area (Å²) in [5.41, 5.74) is 1.52. The first-order valence-corrected chi connectivity index (χ1v) is 5.60. The largest absolute Gasteiger partial charge is 0.303 e. The van der Waals surface area contributed by atoms with Crippen molar-refractivity contribution in [3.05, 3.63) is 34.9 Å². The van der Waals surface area contributed by atoms with E-state index in [1.54, 1.807) is 13.8 Å². The summed E-state index contributed by atoms with van der Waals surface area (Å²) in [6, 6.07) is 5.61. The van der Waals surface area contributed by atoms with E-state index < -0.39 is 5.67 Å². The Kier molecular flexibility index (Phi) is 3.84. The minimum atomic E-state index is -1.33. The van der Waals surface area contributed by atoms with Crippen molar-refractivity contribution >= 4 is 6.29 Å². The molecule has 0 aliphatic carbocycles. The van der Waals surface area contributed by atoms with E-state index >= 15 is 0 Å². The second kappa shape index (κ2) is 4.77. The molecule has 0 radical (unpaired) electrons. The molecule has 1 aromatic carbocycles. The number of halogens is 1. The third-order valence-corrected chi connectivity index (χ3v) is 2.95. The molecule has 0 aliphatic rings. The molecule has 0 aliphatic heterocycles. The lowest BCUT2D eigenvalue weighted by Crippen LogP contribution is -2.10. The van der Waals surface area contributed by atoms with Crippen LogP contribution in [0.4, 0.5) is 4.39 Å². The number of hydrogen-bond acceptors (Lipinski definition) is 1. The number of alkyl halides is 1. The molecule has 0 fully saturated rings. The van der Waals surface area contributed by atoms with Crippen molar-refractivity contribution in [1.82, 2.24) is 0 Å². The van der Waals surface area contributed by atoms with Crippen LogP contribution < -0.4 is 0 Å². The Bertz CT molecular complexity index is 377. The summed E-state index contributed by atoms with van der Waals surface area (Å²) in [6.07, 6.45) is 1.40. The molecule has 0 saturated heterocycles. The molecule has 0 spiro atoms. The number of rotatable bonds is 4. The zero-order valence-electron chi connectivity index (χ0n) is 10.4. The minimum Gasteiger partial charge on any atom is -0.303 e. The zero-order chi connectivity index (χ0) is 12.3. The number of hydrogen-bond donors (Lipinski definition) is 0.